The van der Waals surface area contributed by atoms with Gasteiger partial charge in [0.05, 0.1) is 25.3 Å². The predicted octanol–water partition coefficient (Wildman–Crippen LogP) is 2.07. The Hall–Kier alpha value is -2.28. The fourth-order valence-electron chi connectivity index (χ4n) is 2.01. The second-order valence-electron chi connectivity index (χ2n) is 4.61. The van der Waals surface area contributed by atoms with Crippen LogP contribution in [0, 0.1) is 0 Å². The zero-order valence-electron chi connectivity index (χ0n) is 11.3. The van der Waals surface area contributed by atoms with E-state index in [-0.39, 0.29) is 12.3 Å². The molecule has 21 heavy (non-hydrogen) atoms. The fourth-order valence-corrected chi connectivity index (χ4v) is 2.58. The quantitative estimate of drug-likeness (QED) is 0.906. The summed E-state index contributed by atoms with van der Waals surface area (Å²) in [5.41, 5.74) is 6.89. The van der Waals surface area contributed by atoms with Crippen LogP contribution in [0.5, 0.6) is 11.5 Å². The summed E-state index contributed by atoms with van der Waals surface area (Å²) >= 11 is 1.32. The van der Waals surface area contributed by atoms with E-state index in [9.17, 15) is 4.79 Å². The molecule has 1 aromatic heterocycles. The summed E-state index contributed by atoms with van der Waals surface area (Å²) < 4.78 is 11.1. The van der Waals surface area contributed by atoms with Gasteiger partial charge in [0, 0.05) is 23.6 Å². The minimum atomic E-state index is -0.144. The van der Waals surface area contributed by atoms with Crippen molar-refractivity contribution in [2.45, 2.75) is 12.8 Å². The maximum atomic E-state index is 12.0. The first kappa shape index (κ1) is 13.7. The van der Waals surface area contributed by atoms with Gasteiger partial charge >= 0.3 is 0 Å². The van der Waals surface area contributed by atoms with Gasteiger partial charge in [0.2, 0.25) is 5.91 Å². The van der Waals surface area contributed by atoms with Gasteiger partial charge in [-0.15, -0.1) is 11.3 Å². The maximum Gasteiger partial charge on any atom is 0.230 e. The van der Waals surface area contributed by atoms with Crippen molar-refractivity contribution in [3.63, 3.8) is 0 Å². The average Bonchev–Trinajstić information content (AvgIpc) is 2.73. The molecule has 1 amide bonds. The monoisotopic (exact) mass is 305 g/mol. The van der Waals surface area contributed by atoms with Crippen LogP contribution in [-0.4, -0.2) is 24.1 Å². The van der Waals surface area contributed by atoms with Crippen LogP contribution >= 0.6 is 11.3 Å². The van der Waals surface area contributed by atoms with E-state index < -0.39 is 0 Å². The normalized spacial score (nSPS) is 13.5. The first-order valence-electron chi connectivity index (χ1n) is 6.60. The number of carbonyl (C=O) groups excluding carboxylic acids is 1. The fraction of sp³-hybridized carbons (Fsp3) is 0.286. The van der Waals surface area contributed by atoms with Crippen LogP contribution in [0.15, 0.2) is 23.6 Å². The summed E-state index contributed by atoms with van der Waals surface area (Å²) in [4.78, 5) is 16.0. The van der Waals surface area contributed by atoms with E-state index in [4.69, 9.17) is 15.2 Å². The number of nitrogens with two attached hydrogens (primary N) is 1. The third-order valence-electron chi connectivity index (χ3n) is 2.94. The number of hydrogen-bond acceptors (Lipinski definition) is 6. The molecule has 2 aromatic rings. The van der Waals surface area contributed by atoms with Crippen molar-refractivity contribution >= 4 is 28.1 Å². The van der Waals surface area contributed by atoms with Crippen molar-refractivity contribution in [3.05, 3.63) is 29.3 Å². The lowest BCUT2D eigenvalue weighted by molar-refractivity contribution is -0.115. The van der Waals surface area contributed by atoms with Gasteiger partial charge in [-0.05, 0) is 12.1 Å². The third-order valence-corrected chi connectivity index (χ3v) is 3.67. The summed E-state index contributed by atoms with van der Waals surface area (Å²) in [5.74, 6) is 1.22. The van der Waals surface area contributed by atoms with Gasteiger partial charge in [-0.25, -0.2) is 4.98 Å². The molecule has 0 atom stereocenters. The Morgan fingerprint density at radius 3 is 2.90 bits per heavy atom. The smallest absolute Gasteiger partial charge is 0.230 e. The Balaban J connectivity index is 1.67. The third kappa shape index (κ3) is 3.43. The number of benzene rings is 1. The van der Waals surface area contributed by atoms with Crippen LogP contribution in [0.1, 0.15) is 12.1 Å². The molecule has 7 heteroatoms. The van der Waals surface area contributed by atoms with Gasteiger partial charge in [-0.1, -0.05) is 0 Å². The lowest BCUT2D eigenvalue weighted by Crippen LogP contribution is -2.14. The number of anilines is 2. The topological polar surface area (TPSA) is 86.5 Å². The molecule has 0 fully saturated rings. The Kier molecular flexibility index (Phi) is 3.92. The number of carbonyl (C=O) groups is 1. The highest BCUT2D eigenvalue weighted by molar-refractivity contribution is 7.13. The number of nitrogens with zero attached hydrogens (tertiary/aromatic N) is 1. The van der Waals surface area contributed by atoms with Crippen molar-refractivity contribution in [3.8, 4) is 11.5 Å². The van der Waals surface area contributed by atoms with Gasteiger partial charge in [0.15, 0.2) is 16.6 Å². The van der Waals surface area contributed by atoms with Crippen LogP contribution < -0.4 is 20.5 Å². The molecule has 1 aromatic carbocycles. The number of ether oxygens (including phenoxy) is 2. The molecule has 0 aliphatic carbocycles. The van der Waals surface area contributed by atoms with Crippen molar-refractivity contribution in [1.82, 2.24) is 4.98 Å². The lowest BCUT2D eigenvalue weighted by atomic mass is 10.2. The minimum Gasteiger partial charge on any atom is -0.490 e. The summed E-state index contributed by atoms with van der Waals surface area (Å²) in [6, 6.07) is 5.37. The molecule has 0 unspecified atom stereocenters. The van der Waals surface area contributed by atoms with Gasteiger partial charge in [-0.3, -0.25) is 4.79 Å². The molecule has 3 rings (SSSR count). The molecule has 2 heterocycles. The van der Waals surface area contributed by atoms with E-state index in [1.165, 1.54) is 11.3 Å². The van der Waals surface area contributed by atoms with Gasteiger partial charge < -0.3 is 20.5 Å². The summed E-state index contributed by atoms with van der Waals surface area (Å²) in [7, 11) is 0. The molecular weight excluding hydrogens is 290 g/mol. The van der Waals surface area contributed by atoms with Crippen LogP contribution in [0.4, 0.5) is 10.8 Å². The Bertz CT molecular complexity index is 657. The second-order valence-corrected chi connectivity index (χ2v) is 5.50. The number of amides is 1. The van der Waals surface area contributed by atoms with E-state index in [0.717, 1.165) is 6.42 Å². The standard InChI is InChI=1S/C14H15N3O3S/c15-14-17-10(8-21-14)7-13(18)16-9-2-3-11-12(6-9)20-5-1-4-19-11/h2-3,6,8H,1,4-5,7H2,(H2,15,17)(H,16,18). The SMILES string of the molecule is Nc1nc(CC(=O)Nc2ccc3c(c2)OCCCO3)cs1. The highest BCUT2D eigenvalue weighted by atomic mass is 32.1. The van der Waals surface area contributed by atoms with Crippen molar-refractivity contribution in [2.24, 2.45) is 0 Å². The summed E-state index contributed by atoms with van der Waals surface area (Å²) in [5, 5.41) is 5.07. The van der Waals surface area contributed by atoms with E-state index in [0.29, 0.717) is 41.2 Å². The Morgan fingerprint density at radius 2 is 2.14 bits per heavy atom. The summed E-state index contributed by atoms with van der Waals surface area (Å²) in [6.45, 7) is 1.26. The zero-order chi connectivity index (χ0) is 14.7. The molecule has 0 radical (unpaired) electrons. The highest BCUT2D eigenvalue weighted by Crippen LogP contribution is 2.32. The van der Waals surface area contributed by atoms with E-state index in [1.54, 1.807) is 23.6 Å². The molecule has 0 spiro atoms. The molecule has 110 valence electrons. The number of fused-ring (bicyclic) bond motifs is 1. The number of hydrogen-bond donors (Lipinski definition) is 2. The molecular formula is C14H15N3O3S. The zero-order valence-corrected chi connectivity index (χ0v) is 12.1. The van der Waals surface area contributed by atoms with Crippen molar-refractivity contribution in [1.29, 1.82) is 0 Å². The van der Waals surface area contributed by atoms with E-state index in [2.05, 4.69) is 10.3 Å². The number of rotatable bonds is 3. The Labute approximate surface area is 125 Å². The first-order valence-corrected chi connectivity index (χ1v) is 7.48. The lowest BCUT2D eigenvalue weighted by Gasteiger charge is -2.10. The molecule has 1 aliphatic rings. The van der Waals surface area contributed by atoms with Gasteiger partial charge in [0.1, 0.15) is 0 Å². The summed E-state index contributed by atoms with van der Waals surface area (Å²) in [6.07, 6.45) is 1.05. The van der Waals surface area contributed by atoms with Crippen molar-refractivity contribution in [2.75, 3.05) is 24.3 Å². The number of nitrogen functional groups attached to an aromatic ring is 1. The molecule has 6 nitrogen and oxygen atoms in total. The van der Waals surface area contributed by atoms with Crippen LogP contribution in [0.2, 0.25) is 0 Å². The van der Waals surface area contributed by atoms with Crippen molar-refractivity contribution < 1.29 is 14.3 Å². The first-order chi connectivity index (χ1) is 10.2. The number of nitrogens with one attached hydrogen (secondary N) is 1. The molecule has 0 saturated heterocycles. The predicted molar refractivity (Wildman–Crippen MR) is 80.9 cm³/mol. The largest absolute Gasteiger partial charge is 0.490 e. The number of aromatic nitrogens is 1. The van der Waals surface area contributed by atoms with Gasteiger partial charge in [-0.2, -0.15) is 0 Å². The highest BCUT2D eigenvalue weighted by Gasteiger charge is 2.12. The minimum absolute atomic E-state index is 0.144. The van der Waals surface area contributed by atoms with E-state index in [1.807, 2.05) is 0 Å². The number of thiazole rings is 1. The van der Waals surface area contributed by atoms with Crippen LogP contribution in [-0.2, 0) is 11.2 Å². The van der Waals surface area contributed by atoms with E-state index >= 15 is 0 Å². The second kappa shape index (κ2) is 6.01. The Morgan fingerprint density at radius 1 is 1.33 bits per heavy atom. The maximum absolute atomic E-state index is 12.0. The molecule has 0 bridgehead atoms. The van der Waals surface area contributed by atoms with Gasteiger partial charge in [0.25, 0.3) is 0 Å². The molecule has 1 aliphatic heterocycles. The molecule has 0 saturated carbocycles. The average molecular weight is 305 g/mol. The van der Waals surface area contributed by atoms with Crippen LogP contribution in [0.3, 0.4) is 0 Å². The molecule has 3 N–H and O–H groups in total. The van der Waals surface area contributed by atoms with Crippen LogP contribution in [0.25, 0.3) is 0 Å².